The molecule has 0 radical (unpaired) electrons. The summed E-state index contributed by atoms with van der Waals surface area (Å²) in [4.78, 5) is 2.38. The van der Waals surface area contributed by atoms with Crippen LogP contribution in [0.5, 0.6) is 0 Å². The van der Waals surface area contributed by atoms with E-state index in [-0.39, 0.29) is 0 Å². The Labute approximate surface area is 114 Å². The average molecular weight is 297 g/mol. The van der Waals surface area contributed by atoms with Gasteiger partial charge in [-0.2, -0.15) is 0 Å². The van der Waals surface area contributed by atoms with Gasteiger partial charge in [-0.1, -0.05) is 0 Å². The van der Waals surface area contributed by atoms with Gasteiger partial charge in [-0.3, -0.25) is 0 Å². The summed E-state index contributed by atoms with van der Waals surface area (Å²) >= 11 is 0.460. The maximum absolute atomic E-state index is 2.38. The monoisotopic (exact) mass is 298 g/mol. The summed E-state index contributed by atoms with van der Waals surface area (Å²) in [5, 5.41) is 0. The fourth-order valence-electron chi connectivity index (χ4n) is 1.99. The van der Waals surface area contributed by atoms with Crippen LogP contribution in [-0.4, -0.2) is 14.5 Å². The molecule has 0 bridgehead atoms. The first-order chi connectivity index (χ1) is 8.83. The third-order valence-electron chi connectivity index (χ3n) is 3.04. The Morgan fingerprint density at radius 2 is 1.44 bits per heavy atom. The summed E-state index contributed by atoms with van der Waals surface area (Å²) in [6.07, 6.45) is 0. The van der Waals surface area contributed by atoms with Gasteiger partial charge >= 0.3 is 114 Å². The van der Waals surface area contributed by atoms with Gasteiger partial charge in [0.1, 0.15) is 0 Å². The molecule has 0 N–H and O–H groups in total. The second-order valence-corrected chi connectivity index (χ2v) is 6.34. The molecule has 0 saturated carbocycles. The molecule has 0 saturated heterocycles. The van der Waals surface area contributed by atoms with Gasteiger partial charge in [-0.15, -0.1) is 0 Å². The second-order valence-electron chi connectivity index (χ2n) is 4.43. The fraction of sp³-hybridized carbons (Fsp3) is 0.0588. The average Bonchev–Trinajstić information content (AvgIpc) is 2.90. The minimum atomic E-state index is 0.460. The molecule has 0 fully saturated rings. The molecule has 0 nitrogen and oxygen atoms in total. The van der Waals surface area contributed by atoms with Crippen LogP contribution in [0.2, 0.25) is 0 Å². The third-order valence-corrected chi connectivity index (χ3v) is 5.10. The van der Waals surface area contributed by atoms with E-state index < -0.39 is 0 Å². The summed E-state index contributed by atoms with van der Waals surface area (Å²) in [7, 11) is 0. The Balaban J connectivity index is 1.97. The normalized spacial score (nSPS) is 10.5. The molecule has 3 aromatic rings. The van der Waals surface area contributed by atoms with Gasteiger partial charge in [0.2, 0.25) is 0 Å². The number of hydrogen-bond acceptors (Lipinski definition) is 0. The van der Waals surface area contributed by atoms with Crippen molar-refractivity contribution in [1.29, 1.82) is 0 Å². The van der Waals surface area contributed by atoms with E-state index in [4.69, 9.17) is 0 Å². The van der Waals surface area contributed by atoms with Gasteiger partial charge in [-0.05, 0) is 0 Å². The molecule has 0 aliphatic heterocycles. The van der Waals surface area contributed by atoms with E-state index in [0.29, 0.717) is 14.5 Å². The van der Waals surface area contributed by atoms with Crippen molar-refractivity contribution in [3.8, 4) is 21.1 Å². The van der Waals surface area contributed by atoms with Crippen molar-refractivity contribution >= 4 is 14.5 Å². The zero-order chi connectivity index (χ0) is 12.4. The number of benzene rings is 2. The topological polar surface area (TPSA) is 0 Å². The van der Waals surface area contributed by atoms with Gasteiger partial charge in [0.25, 0.3) is 0 Å². The van der Waals surface area contributed by atoms with Crippen molar-refractivity contribution in [3.05, 3.63) is 71.2 Å². The molecule has 0 spiro atoms. The van der Waals surface area contributed by atoms with E-state index in [1.807, 2.05) is 0 Å². The quantitative estimate of drug-likeness (QED) is 0.616. The molecule has 1 heteroatoms. The Kier molecular flexibility index (Phi) is 3.18. The number of rotatable bonds is 2. The standard InChI is InChI=1S/C17H14Se/c1-13-7-9-14(10-8-13)16-11-17(18-12-16)15-5-3-2-4-6-15/h2-12H,1H3. The Morgan fingerprint density at radius 3 is 2.17 bits per heavy atom. The Bertz CT molecular complexity index is 633. The number of aryl methyl sites for hydroxylation is 1. The molecule has 3 rings (SSSR count). The van der Waals surface area contributed by atoms with Gasteiger partial charge in [-0.25, -0.2) is 0 Å². The van der Waals surface area contributed by atoms with Crippen LogP contribution in [-0.2, 0) is 0 Å². The first-order valence-electron chi connectivity index (χ1n) is 6.04. The molecule has 1 aromatic heterocycles. The molecule has 0 amide bonds. The predicted molar refractivity (Wildman–Crippen MR) is 79.0 cm³/mol. The summed E-state index contributed by atoms with van der Waals surface area (Å²) in [5.74, 6) is 0. The van der Waals surface area contributed by atoms with Crippen molar-refractivity contribution in [2.45, 2.75) is 6.92 Å². The first-order valence-corrected chi connectivity index (χ1v) is 7.88. The molecule has 0 aliphatic carbocycles. The van der Waals surface area contributed by atoms with Crippen LogP contribution >= 0.6 is 0 Å². The molecular weight excluding hydrogens is 283 g/mol. The van der Waals surface area contributed by atoms with Crippen LogP contribution in [0.1, 0.15) is 5.56 Å². The van der Waals surface area contributed by atoms with E-state index in [2.05, 4.69) is 72.5 Å². The molecule has 0 aliphatic rings. The van der Waals surface area contributed by atoms with Crippen LogP contribution < -0.4 is 0 Å². The van der Waals surface area contributed by atoms with Crippen LogP contribution in [0.25, 0.3) is 21.1 Å². The van der Waals surface area contributed by atoms with Crippen molar-refractivity contribution in [1.82, 2.24) is 0 Å². The second kappa shape index (κ2) is 4.97. The predicted octanol–water partition coefficient (Wildman–Crippen LogP) is 4.39. The summed E-state index contributed by atoms with van der Waals surface area (Å²) in [6.45, 7) is 2.13. The van der Waals surface area contributed by atoms with Crippen molar-refractivity contribution < 1.29 is 0 Å². The first kappa shape index (κ1) is 11.5. The van der Waals surface area contributed by atoms with Crippen LogP contribution in [0, 0.1) is 6.92 Å². The molecule has 2 aromatic carbocycles. The van der Waals surface area contributed by atoms with Crippen LogP contribution in [0.3, 0.4) is 0 Å². The van der Waals surface area contributed by atoms with E-state index in [0.717, 1.165) is 0 Å². The van der Waals surface area contributed by atoms with Gasteiger partial charge in [0.05, 0.1) is 0 Å². The molecule has 0 unspecified atom stereocenters. The summed E-state index contributed by atoms with van der Waals surface area (Å²) in [5.41, 5.74) is 5.37. The van der Waals surface area contributed by atoms with E-state index in [1.54, 1.807) is 0 Å². The van der Waals surface area contributed by atoms with Crippen molar-refractivity contribution in [2.75, 3.05) is 0 Å². The van der Waals surface area contributed by atoms with Gasteiger partial charge in [0.15, 0.2) is 0 Å². The van der Waals surface area contributed by atoms with Crippen molar-refractivity contribution in [3.63, 3.8) is 0 Å². The molecule has 1 heterocycles. The van der Waals surface area contributed by atoms with E-state index >= 15 is 0 Å². The van der Waals surface area contributed by atoms with Crippen molar-refractivity contribution in [2.24, 2.45) is 0 Å². The fourth-order valence-corrected chi connectivity index (χ4v) is 3.93. The van der Waals surface area contributed by atoms with Crippen LogP contribution in [0.4, 0.5) is 0 Å². The Hall–Kier alpha value is -1.56. The van der Waals surface area contributed by atoms with Gasteiger partial charge < -0.3 is 0 Å². The van der Waals surface area contributed by atoms with Gasteiger partial charge in [0, 0.05) is 0 Å². The van der Waals surface area contributed by atoms with E-state index in [1.165, 1.54) is 26.7 Å². The Morgan fingerprint density at radius 1 is 0.722 bits per heavy atom. The number of hydrogen-bond donors (Lipinski definition) is 0. The SMILES string of the molecule is Cc1ccc(-c2c[se]c(-c3ccccc3)c2)cc1. The molecule has 18 heavy (non-hydrogen) atoms. The minimum absolute atomic E-state index is 0.460. The molecular formula is C17H14Se. The molecule has 0 atom stereocenters. The summed E-state index contributed by atoms with van der Waals surface area (Å²) < 4.78 is 1.47. The van der Waals surface area contributed by atoms with Crippen LogP contribution in [0.15, 0.2) is 65.6 Å². The zero-order valence-corrected chi connectivity index (χ0v) is 12.0. The van der Waals surface area contributed by atoms with E-state index in [9.17, 15) is 0 Å². The third kappa shape index (κ3) is 2.33. The summed E-state index contributed by atoms with van der Waals surface area (Å²) in [6, 6.07) is 21.8. The molecule has 88 valence electrons. The zero-order valence-electron chi connectivity index (χ0n) is 10.3. The maximum atomic E-state index is 2.38.